The molecule has 1 N–H and O–H groups in total. The van der Waals surface area contributed by atoms with E-state index in [0.29, 0.717) is 6.54 Å². The maximum Gasteiger partial charge on any atom is 0.238 e. The molecular weight excluding hydrogens is 274 g/mol. The first-order valence-corrected chi connectivity index (χ1v) is 8.51. The largest absolute Gasteiger partial charge is 0.325 e. The molecule has 1 heterocycles. The number of piperazine rings is 1. The average molecular weight is 301 g/mol. The Bertz CT molecular complexity index is 486. The minimum absolute atomic E-state index is 0.0955. The Morgan fingerprint density at radius 1 is 1.09 bits per heavy atom. The van der Waals surface area contributed by atoms with E-state index in [1.54, 1.807) is 0 Å². The normalized spacial score (nSPS) is 21.1. The highest BCUT2D eigenvalue weighted by atomic mass is 16.2. The van der Waals surface area contributed by atoms with Crippen LogP contribution in [0.15, 0.2) is 24.3 Å². The molecule has 0 unspecified atom stereocenters. The number of nitrogens with zero attached hydrogens (tertiary/aromatic N) is 2. The van der Waals surface area contributed by atoms with Gasteiger partial charge in [0.15, 0.2) is 0 Å². The fraction of sp³-hybridized carbons (Fsp3) is 0.611. The van der Waals surface area contributed by atoms with Crippen LogP contribution in [0.25, 0.3) is 0 Å². The van der Waals surface area contributed by atoms with Gasteiger partial charge >= 0.3 is 0 Å². The summed E-state index contributed by atoms with van der Waals surface area (Å²) < 4.78 is 0. The van der Waals surface area contributed by atoms with Crippen molar-refractivity contribution in [1.82, 2.24) is 9.80 Å². The predicted molar refractivity (Wildman–Crippen MR) is 90.2 cm³/mol. The third-order valence-electron chi connectivity index (χ3n) is 4.98. The first-order chi connectivity index (χ1) is 10.7. The van der Waals surface area contributed by atoms with Crippen molar-refractivity contribution in [1.29, 1.82) is 0 Å². The molecule has 0 bridgehead atoms. The summed E-state index contributed by atoms with van der Waals surface area (Å²) in [6.07, 6.45) is 5.34. The molecule has 1 saturated heterocycles. The topological polar surface area (TPSA) is 35.6 Å². The first kappa shape index (κ1) is 15.5. The Balaban J connectivity index is 1.48. The lowest BCUT2D eigenvalue weighted by molar-refractivity contribution is -0.117. The van der Waals surface area contributed by atoms with E-state index in [9.17, 15) is 4.79 Å². The first-order valence-electron chi connectivity index (χ1n) is 8.51. The molecule has 0 radical (unpaired) electrons. The second-order valence-corrected chi connectivity index (χ2v) is 6.73. The summed E-state index contributed by atoms with van der Waals surface area (Å²) in [7, 11) is 2.13. The van der Waals surface area contributed by atoms with Crippen LogP contribution in [-0.2, 0) is 4.79 Å². The maximum absolute atomic E-state index is 12.1. The maximum atomic E-state index is 12.1. The van der Waals surface area contributed by atoms with Crippen LogP contribution in [-0.4, -0.2) is 55.5 Å². The quantitative estimate of drug-likeness (QED) is 0.928. The van der Waals surface area contributed by atoms with Crippen molar-refractivity contribution >= 4 is 11.6 Å². The second-order valence-electron chi connectivity index (χ2n) is 6.73. The van der Waals surface area contributed by atoms with Crippen molar-refractivity contribution in [3.05, 3.63) is 29.8 Å². The molecule has 1 aliphatic carbocycles. The molecule has 2 aliphatic rings. The molecule has 4 nitrogen and oxygen atoms in total. The van der Waals surface area contributed by atoms with Gasteiger partial charge in [0.25, 0.3) is 0 Å². The molecule has 22 heavy (non-hydrogen) atoms. The Labute approximate surface area is 133 Å². The van der Waals surface area contributed by atoms with Gasteiger partial charge in [0, 0.05) is 31.9 Å². The Hall–Kier alpha value is -1.39. The minimum atomic E-state index is 0.0955. The van der Waals surface area contributed by atoms with Crippen LogP contribution in [0.3, 0.4) is 0 Å². The van der Waals surface area contributed by atoms with Crippen molar-refractivity contribution in [3.8, 4) is 0 Å². The number of hydrogen-bond acceptors (Lipinski definition) is 3. The van der Waals surface area contributed by atoms with Gasteiger partial charge in [-0.25, -0.2) is 0 Å². The van der Waals surface area contributed by atoms with E-state index in [-0.39, 0.29) is 5.91 Å². The molecular formula is C18H27N3O. The highest BCUT2D eigenvalue weighted by Gasteiger charge is 2.18. The molecule has 3 rings (SSSR count). The van der Waals surface area contributed by atoms with Gasteiger partial charge in [-0.15, -0.1) is 0 Å². The van der Waals surface area contributed by atoms with Crippen molar-refractivity contribution < 1.29 is 4.79 Å². The molecule has 120 valence electrons. The number of benzene rings is 1. The molecule has 0 atom stereocenters. The Morgan fingerprint density at radius 2 is 1.73 bits per heavy atom. The van der Waals surface area contributed by atoms with Gasteiger partial charge in [0.2, 0.25) is 5.91 Å². The van der Waals surface area contributed by atoms with Crippen molar-refractivity contribution in [3.63, 3.8) is 0 Å². The summed E-state index contributed by atoms with van der Waals surface area (Å²) in [6.45, 7) is 4.54. The summed E-state index contributed by atoms with van der Waals surface area (Å²) in [5.41, 5.74) is 2.34. The summed E-state index contributed by atoms with van der Waals surface area (Å²) in [5.74, 6) is 0.827. The predicted octanol–water partition coefficient (Wildman–Crippen LogP) is 2.53. The van der Waals surface area contributed by atoms with Crippen LogP contribution in [0.1, 0.15) is 37.2 Å². The zero-order chi connectivity index (χ0) is 15.4. The molecule has 1 aliphatic heterocycles. The molecule has 1 aromatic carbocycles. The van der Waals surface area contributed by atoms with Gasteiger partial charge in [0.1, 0.15) is 0 Å². The van der Waals surface area contributed by atoms with E-state index >= 15 is 0 Å². The van der Waals surface area contributed by atoms with Crippen LogP contribution in [0.2, 0.25) is 0 Å². The Kier molecular flexibility index (Phi) is 5.11. The lowest BCUT2D eigenvalue weighted by Gasteiger charge is -2.31. The van der Waals surface area contributed by atoms with E-state index in [1.165, 1.54) is 31.2 Å². The van der Waals surface area contributed by atoms with E-state index in [4.69, 9.17) is 0 Å². The van der Waals surface area contributed by atoms with Crippen LogP contribution in [0, 0.1) is 0 Å². The second kappa shape index (κ2) is 7.25. The van der Waals surface area contributed by atoms with Crippen LogP contribution in [0.4, 0.5) is 5.69 Å². The smallest absolute Gasteiger partial charge is 0.238 e. The highest BCUT2D eigenvalue weighted by molar-refractivity contribution is 5.92. The van der Waals surface area contributed by atoms with Crippen molar-refractivity contribution in [2.45, 2.75) is 31.6 Å². The van der Waals surface area contributed by atoms with Gasteiger partial charge in [-0.2, -0.15) is 0 Å². The fourth-order valence-corrected chi connectivity index (χ4v) is 3.51. The number of amides is 1. The molecule has 1 amide bonds. The standard InChI is InChI=1S/C18H27N3O/c1-20-10-12-21(13-11-20)14-18(22)19-17-8-6-16(7-9-17)15-4-2-3-5-15/h6-9,15H,2-5,10-14H2,1H3,(H,19,22). The van der Waals surface area contributed by atoms with Crippen molar-refractivity contribution in [2.24, 2.45) is 0 Å². The SMILES string of the molecule is CN1CCN(CC(=O)Nc2ccc(C3CCCC3)cc2)CC1. The van der Waals surface area contributed by atoms with Crippen LogP contribution in [0.5, 0.6) is 0 Å². The summed E-state index contributed by atoms with van der Waals surface area (Å²) in [4.78, 5) is 16.7. The molecule has 1 saturated carbocycles. The minimum Gasteiger partial charge on any atom is -0.325 e. The molecule has 0 spiro atoms. The summed E-state index contributed by atoms with van der Waals surface area (Å²) >= 11 is 0. The summed E-state index contributed by atoms with van der Waals surface area (Å²) in [6, 6.07) is 8.47. The number of likely N-dealkylation sites (N-methyl/N-ethyl adjacent to an activating group) is 1. The van der Waals surface area contributed by atoms with E-state index in [2.05, 4.69) is 46.4 Å². The van der Waals surface area contributed by atoms with Crippen LogP contribution < -0.4 is 5.32 Å². The lowest BCUT2D eigenvalue weighted by atomic mass is 9.98. The van der Waals surface area contributed by atoms with E-state index in [0.717, 1.165) is 37.8 Å². The molecule has 2 fully saturated rings. The number of carbonyl (C=O) groups excluding carboxylic acids is 1. The number of hydrogen-bond donors (Lipinski definition) is 1. The van der Waals surface area contributed by atoms with E-state index < -0.39 is 0 Å². The zero-order valence-corrected chi connectivity index (χ0v) is 13.6. The molecule has 1 aromatic rings. The highest BCUT2D eigenvalue weighted by Crippen LogP contribution is 2.34. The fourth-order valence-electron chi connectivity index (χ4n) is 3.51. The van der Waals surface area contributed by atoms with Crippen LogP contribution >= 0.6 is 0 Å². The summed E-state index contributed by atoms with van der Waals surface area (Å²) in [5, 5.41) is 3.02. The number of anilines is 1. The lowest BCUT2D eigenvalue weighted by Crippen LogP contribution is -2.47. The van der Waals surface area contributed by atoms with Crippen molar-refractivity contribution in [2.75, 3.05) is 45.1 Å². The van der Waals surface area contributed by atoms with Gasteiger partial charge in [-0.05, 0) is 43.5 Å². The average Bonchev–Trinajstić information content (AvgIpc) is 3.05. The number of carbonyl (C=O) groups is 1. The van der Waals surface area contributed by atoms with Gasteiger partial charge in [0.05, 0.1) is 6.54 Å². The zero-order valence-electron chi connectivity index (χ0n) is 13.6. The van der Waals surface area contributed by atoms with Gasteiger partial charge < -0.3 is 10.2 Å². The van der Waals surface area contributed by atoms with E-state index in [1.807, 2.05) is 0 Å². The Morgan fingerprint density at radius 3 is 2.36 bits per heavy atom. The third-order valence-corrected chi connectivity index (χ3v) is 4.98. The molecule has 4 heteroatoms. The number of nitrogens with one attached hydrogen (secondary N) is 1. The molecule has 0 aromatic heterocycles. The third kappa shape index (κ3) is 4.08. The monoisotopic (exact) mass is 301 g/mol. The van der Waals surface area contributed by atoms with Gasteiger partial charge in [-0.3, -0.25) is 9.69 Å². The number of rotatable bonds is 4. The van der Waals surface area contributed by atoms with Gasteiger partial charge in [-0.1, -0.05) is 25.0 Å².